The molecule has 2 rings (SSSR count). The molecular formula is C15H23NO. The molecule has 2 nitrogen and oxygen atoms in total. The van der Waals surface area contributed by atoms with Gasteiger partial charge < -0.3 is 10.5 Å². The lowest BCUT2D eigenvalue weighted by atomic mass is 10.1. The quantitative estimate of drug-likeness (QED) is 0.842. The Hall–Kier alpha value is -1.02. The van der Waals surface area contributed by atoms with E-state index in [0.29, 0.717) is 0 Å². The highest BCUT2D eigenvalue weighted by molar-refractivity contribution is 5.28. The van der Waals surface area contributed by atoms with Crippen LogP contribution in [0.2, 0.25) is 0 Å². The van der Waals surface area contributed by atoms with Crippen molar-refractivity contribution in [3.05, 3.63) is 29.8 Å². The van der Waals surface area contributed by atoms with Crippen LogP contribution in [0.1, 0.15) is 50.6 Å². The smallest absolute Gasteiger partial charge is 0.119 e. The van der Waals surface area contributed by atoms with Crippen LogP contribution in [0.15, 0.2) is 24.3 Å². The van der Waals surface area contributed by atoms with Crippen molar-refractivity contribution in [2.45, 2.75) is 45.1 Å². The van der Waals surface area contributed by atoms with E-state index in [1.54, 1.807) is 0 Å². The maximum Gasteiger partial charge on any atom is 0.119 e. The first-order valence-electron chi connectivity index (χ1n) is 6.78. The van der Waals surface area contributed by atoms with Crippen LogP contribution >= 0.6 is 0 Å². The number of hydrogen-bond donors (Lipinski definition) is 1. The molecule has 0 radical (unpaired) electrons. The van der Waals surface area contributed by atoms with E-state index in [1.165, 1.54) is 31.2 Å². The second kappa shape index (κ2) is 6.06. The van der Waals surface area contributed by atoms with Crippen molar-refractivity contribution in [2.24, 2.45) is 11.7 Å². The highest BCUT2D eigenvalue weighted by Crippen LogP contribution is 2.26. The lowest BCUT2D eigenvalue weighted by molar-refractivity contribution is 0.252. The van der Waals surface area contributed by atoms with Gasteiger partial charge in [0.05, 0.1) is 6.61 Å². The average molecular weight is 233 g/mol. The summed E-state index contributed by atoms with van der Waals surface area (Å²) in [5.74, 6) is 1.75. The number of benzene rings is 1. The first-order chi connectivity index (χ1) is 8.29. The minimum atomic E-state index is 0.152. The summed E-state index contributed by atoms with van der Waals surface area (Å²) in [6.45, 7) is 2.98. The minimum absolute atomic E-state index is 0.152. The number of rotatable bonds is 5. The van der Waals surface area contributed by atoms with Gasteiger partial charge in [-0.3, -0.25) is 0 Å². The zero-order valence-corrected chi connectivity index (χ0v) is 10.7. The molecule has 2 N–H and O–H groups in total. The highest BCUT2D eigenvalue weighted by atomic mass is 16.5. The van der Waals surface area contributed by atoms with Crippen LogP contribution in [-0.4, -0.2) is 6.61 Å². The minimum Gasteiger partial charge on any atom is -0.493 e. The van der Waals surface area contributed by atoms with Crippen molar-refractivity contribution in [3.8, 4) is 5.75 Å². The third-order valence-corrected chi connectivity index (χ3v) is 3.71. The Morgan fingerprint density at radius 3 is 2.47 bits per heavy atom. The maximum atomic E-state index is 5.98. The van der Waals surface area contributed by atoms with Crippen LogP contribution in [-0.2, 0) is 0 Å². The van der Waals surface area contributed by atoms with E-state index < -0.39 is 0 Å². The number of hydrogen-bond acceptors (Lipinski definition) is 2. The van der Waals surface area contributed by atoms with Crippen LogP contribution in [0.5, 0.6) is 5.75 Å². The second-order valence-electron chi connectivity index (χ2n) is 5.05. The molecule has 0 bridgehead atoms. The topological polar surface area (TPSA) is 35.2 Å². The van der Waals surface area contributed by atoms with E-state index in [0.717, 1.165) is 24.7 Å². The van der Waals surface area contributed by atoms with Crippen molar-refractivity contribution in [3.63, 3.8) is 0 Å². The maximum absolute atomic E-state index is 5.98. The van der Waals surface area contributed by atoms with Crippen LogP contribution in [0.25, 0.3) is 0 Å². The molecule has 1 aliphatic rings. The lowest BCUT2D eigenvalue weighted by Gasteiger charge is -2.13. The Balaban J connectivity index is 1.84. The summed E-state index contributed by atoms with van der Waals surface area (Å²) < 4.78 is 5.82. The Morgan fingerprint density at radius 1 is 1.24 bits per heavy atom. The largest absolute Gasteiger partial charge is 0.493 e. The van der Waals surface area contributed by atoms with Crippen LogP contribution in [0.4, 0.5) is 0 Å². The molecule has 1 aromatic rings. The normalized spacial score (nSPS) is 18.2. The van der Waals surface area contributed by atoms with Crippen molar-refractivity contribution < 1.29 is 4.74 Å². The van der Waals surface area contributed by atoms with Gasteiger partial charge in [-0.25, -0.2) is 0 Å². The van der Waals surface area contributed by atoms with Crippen molar-refractivity contribution >= 4 is 0 Å². The number of ether oxygens (including phenoxy) is 1. The fourth-order valence-corrected chi connectivity index (χ4v) is 2.44. The summed E-state index contributed by atoms with van der Waals surface area (Å²) in [4.78, 5) is 0. The Bertz CT molecular complexity index is 327. The molecule has 0 amide bonds. The Morgan fingerprint density at radius 2 is 1.88 bits per heavy atom. The molecule has 1 aromatic carbocycles. The third kappa shape index (κ3) is 3.47. The zero-order valence-electron chi connectivity index (χ0n) is 10.7. The molecule has 94 valence electrons. The first kappa shape index (κ1) is 12.4. The van der Waals surface area contributed by atoms with Crippen molar-refractivity contribution in [2.75, 3.05) is 6.61 Å². The van der Waals surface area contributed by atoms with E-state index in [4.69, 9.17) is 10.5 Å². The average Bonchev–Trinajstić information content (AvgIpc) is 2.89. The SMILES string of the molecule is CC[C@@H](N)c1ccc(OCC2CCCC2)cc1. The first-order valence-corrected chi connectivity index (χ1v) is 6.78. The second-order valence-corrected chi connectivity index (χ2v) is 5.05. The van der Waals surface area contributed by atoms with E-state index >= 15 is 0 Å². The van der Waals surface area contributed by atoms with Gasteiger partial charge in [0.15, 0.2) is 0 Å². The summed E-state index contributed by atoms with van der Waals surface area (Å²) >= 11 is 0. The summed E-state index contributed by atoms with van der Waals surface area (Å²) in [5, 5.41) is 0. The Kier molecular flexibility index (Phi) is 4.43. The van der Waals surface area contributed by atoms with E-state index in [2.05, 4.69) is 19.1 Å². The van der Waals surface area contributed by atoms with Crippen LogP contribution in [0.3, 0.4) is 0 Å². The van der Waals surface area contributed by atoms with Gasteiger partial charge >= 0.3 is 0 Å². The van der Waals surface area contributed by atoms with Gasteiger partial charge in [0.1, 0.15) is 5.75 Å². The fourth-order valence-electron chi connectivity index (χ4n) is 2.44. The third-order valence-electron chi connectivity index (χ3n) is 3.71. The van der Waals surface area contributed by atoms with Gasteiger partial charge in [0.2, 0.25) is 0 Å². The van der Waals surface area contributed by atoms with Crippen molar-refractivity contribution in [1.29, 1.82) is 0 Å². The lowest BCUT2D eigenvalue weighted by Crippen LogP contribution is -2.09. The van der Waals surface area contributed by atoms with E-state index in [-0.39, 0.29) is 6.04 Å². The molecule has 1 aliphatic carbocycles. The predicted octanol–water partition coefficient (Wildman–Crippen LogP) is 3.67. The number of nitrogens with two attached hydrogens (primary N) is 1. The standard InChI is InChI=1S/C15H23NO/c1-2-15(16)13-7-9-14(10-8-13)17-11-12-5-3-4-6-12/h7-10,12,15H,2-6,11,16H2,1H3/t15-/m1/s1. The molecule has 1 saturated carbocycles. The van der Waals surface area contributed by atoms with Gasteiger partial charge in [-0.05, 0) is 42.9 Å². The molecule has 1 atom stereocenters. The molecule has 0 aromatic heterocycles. The van der Waals surface area contributed by atoms with Crippen molar-refractivity contribution in [1.82, 2.24) is 0 Å². The summed E-state index contributed by atoms with van der Waals surface area (Å²) in [5.41, 5.74) is 7.17. The molecule has 2 heteroatoms. The van der Waals surface area contributed by atoms with Gasteiger partial charge in [-0.2, -0.15) is 0 Å². The molecule has 0 aliphatic heterocycles. The molecular weight excluding hydrogens is 210 g/mol. The fraction of sp³-hybridized carbons (Fsp3) is 0.600. The summed E-state index contributed by atoms with van der Waals surface area (Å²) in [6, 6.07) is 8.40. The molecule has 0 unspecified atom stereocenters. The molecule has 0 spiro atoms. The van der Waals surface area contributed by atoms with Crippen LogP contribution in [0, 0.1) is 5.92 Å². The monoisotopic (exact) mass is 233 g/mol. The molecule has 1 fully saturated rings. The molecule has 17 heavy (non-hydrogen) atoms. The molecule has 0 saturated heterocycles. The van der Waals surface area contributed by atoms with Gasteiger partial charge in [0.25, 0.3) is 0 Å². The highest BCUT2D eigenvalue weighted by Gasteiger charge is 2.15. The predicted molar refractivity (Wildman–Crippen MR) is 71.1 cm³/mol. The summed E-state index contributed by atoms with van der Waals surface area (Å²) in [6.07, 6.45) is 6.39. The van der Waals surface area contributed by atoms with Gasteiger partial charge in [0, 0.05) is 6.04 Å². The molecule has 0 heterocycles. The van der Waals surface area contributed by atoms with E-state index in [1.807, 2.05) is 12.1 Å². The summed E-state index contributed by atoms with van der Waals surface area (Å²) in [7, 11) is 0. The Labute approximate surface area is 104 Å². The van der Waals surface area contributed by atoms with Gasteiger partial charge in [-0.15, -0.1) is 0 Å². The van der Waals surface area contributed by atoms with Crippen LogP contribution < -0.4 is 10.5 Å². The zero-order chi connectivity index (χ0) is 12.1. The van der Waals surface area contributed by atoms with Gasteiger partial charge in [-0.1, -0.05) is 31.9 Å². The van der Waals surface area contributed by atoms with E-state index in [9.17, 15) is 0 Å².